The maximum Gasteiger partial charge on any atom is 0.345 e. The number of nitrogens with zero attached hydrogens (tertiary/aromatic N) is 3. The monoisotopic (exact) mass is 503 g/mol. The fraction of sp³-hybridized carbons (Fsp3) is 0.417. The Morgan fingerprint density at radius 3 is 2.31 bits per heavy atom. The van der Waals surface area contributed by atoms with E-state index in [0.717, 1.165) is 0 Å². The molecule has 0 bridgehead atoms. The van der Waals surface area contributed by atoms with Gasteiger partial charge in [-0.15, -0.1) is 0 Å². The van der Waals surface area contributed by atoms with Gasteiger partial charge in [0.2, 0.25) is 17.6 Å². The van der Waals surface area contributed by atoms with E-state index in [4.69, 9.17) is 23.0 Å². The Morgan fingerprint density at radius 2 is 1.74 bits per heavy atom. The first-order valence-corrected chi connectivity index (χ1v) is 12.9. The lowest BCUT2D eigenvalue weighted by Gasteiger charge is -2.27. The van der Waals surface area contributed by atoms with Crippen molar-refractivity contribution < 1.29 is 32.4 Å². The Labute approximate surface area is 204 Å². The third kappa shape index (κ3) is 7.45. The van der Waals surface area contributed by atoms with Gasteiger partial charge in [-0.2, -0.15) is 4.98 Å². The van der Waals surface area contributed by atoms with Gasteiger partial charge in [-0.25, -0.2) is 4.98 Å². The molecule has 11 heteroatoms. The smallest absolute Gasteiger partial charge is 0.345 e. The van der Waals surface area contributed by atoms with E-state index in [2.05, 4.69) is 15.1 Å². The Kier molecular flexibility index (Phi) is 8.77. The number of aromatic nitrogens is 3. The third-order valence-electron chi connectivity index (χ3n) is 4.49. The van der Waals surface area contributed by atoms with Crippen molar-refractivity contribution in [2.24, 2.45) is 0 Å². The largest absolute Gasteiger partial charge is 0.459 e. The SMILES string of the molecule is CCOP(=O)(OCC)C(Cc1nc(-c2ccc(Oc3ccccn3)cc2)no1)C(=O)OC(C)(C)C. The van der Waals surface area contributed by atoms with Crippen LogP contribution in [0.3, 0.4) is 0 Å². The molecule has 0 amide bonds. The zero-order chi connectivity index (χ0) is 25.5. The Morgan fingerprint density at radius 1 is 1.06 bits per heavy atom. The fourth-order valence-electron chi connectivity index (χ4n) is 3.09. The van der Waals surface area contributed by atoms with E-state index in [1.807, 2.05) is 6.07 Å². The summed E-state index contributed by atoms with van der Waals surface area (Å²) in [4.78, 5) is 21.5. The maximum absolute atomic E-state index is 13.5. The van der Waals surface area contributed by atoms with Crippen LogP contribution in [-0.2, 0) is 29.6 Å². The summed E-state index contributed by atoms with van der Waals surface area (Å²) in [6.07, 6.45) is 1.48. The van der Waals surface area contributed by atoms with Gasteiger partial charge in [0.05, 0.1) is 19.6 Å². The van der Waals surface area contributed by atoms with E-state index >= 15 is 0 Å². The zero-order valence-electron chi connectivity index (χ0n) is 20.5. The fourth-order valence-corrected chi connectivity index (χ4v) is 4.94. The number of hydrogen-bond donors (Lipinski definition) is 0. The highest BCUT2D eigenvalue weighted by Gasteiger charge is 2.44. The number of rotatable bonds is 11. The van der Waals surface area contributed by atoms with Crippen LogP contribution in [0, 0.1) is 0 Å². The van der Waals surface area contributed by atoms with Crippen LogP contribution in [0.15, 0.2) is 53.2 Å². The lowest BCUT2D eigenvalue weighted by molar-refractivity contribution is -0.154. The van der Waals surface area contributed by atoms with Gasteiger partial charge >= 0.3 is 13.6 Å². The van der Waals surface area contributed by atoms with Crippen LogP contribution >= 0.6 is 7.60 Å². The Bertz CT molecular complexity index is 1130. The predicted molar refractivity (Wildman–Crippen MR) is 128 cm³/mol. The minimum absolute atomic E-state index is 0.0958. The molecule has 2 aromatic heterocycles. The normalized spacial score (nSPS) is 12.8. The summed E-state index contributed by atoms with van der Waals surface area (Å²) < 4.78 is 40.8. The van der Waals surface area contributed by atoms with E-state index < -0.39 is 24.8 Å². The van der Waals surface area contributed by atoms with Crippen molar-refractivity contribution in [2.75, 3.05) is 13.2 Å². The molecule has 1 unspecified atom stereocenters. The van der Waals surface area contributed by atoms with Crippen molar-refractivity contribution in [2.45, 2.75) is 52.3 Å². The number of esters is 1. The minimum atomic E-state index is -3.86. The molecular formula is C24H30N3O7P. The first-order chi connectivity index (χ1) is 16.6. The molecule has 3 rings (SSSR count). The van der Waals surface area contributed by atoms with Gasteiger partial charge < -0.3 is 23.0 Å². The summed E-state index contributed by atoms with van der Waals surface area (Å²) in [5, 5.41) is 4.00. The average molecular weight is 503 g/mol. The maximum atomic E-state index is 13.5. The molecule has 0 N–H and O–H groups in total. The van der Waals surface area contributed by atoms with Gasteiger partial charge in [-0.3, -0.25) is 9.36 Å². The summed E-state index contributed by atoms with van der Waals surface area (Å²) in [6, 6.07) is 12.4. The number of ether oxygens (including phenoxy) is 2. The topological polar surface area (TPSA) is 123 Å². The average Bonchev–Trinajstić information content (AvgIpc) is 3.26. The van der Waals surface area contributed by atoms with Gasteiger partial charge in [-0.1, -0.05) is 11.2 Å². The van der Waals surface area contributed by atoms with Gasteiger partial charge in [-0.05, 0) is 65.0 Å². The van der Waals surface area contributed by atoms with Crippen LogP contribution < -0.4 is 4.74 Å². The summed E-state index contributed by atoms with van der Waals surface area (Å²) in [7, 11) is -3.86. The van der Waals surface area contributed by atoms with E-state index in [1.165, 1.54) is 0 Å². The Balaban J connectivity index is 1.80. The lowest BCUT2D eigenvalue weighted by Crippen LogP contribution is -2.34. The quantitative estimate of drug-likeness (QED) is 0.247. The number of carbonyl (C=O) groups excluding carboxylic acids is 1. The second kappa shape index (κ2) is 11.6. The van der Waals surface area contributed by atoms with E-state index in [0.29, 0.717) is 23.0 Å². The molecule has 2 heterocycles. The second-order valence-corrected chi connectivity index (χ2v) is 10.7. The van der Waals surface area contributed by atoms with E-state index in [1.54, 1.807) is 77.2 Å². The molecule has 0 radical (unpaired) electrons. The highest BCUT2D eigenvalue weighted by Crippen LogP contribution is 2.54. The van der Waals surface area contributed by atoms with Crippen molar-refractivity contribution >= 4 is 13.6 Å². The standard InChI is InChI=1S/C24H30N3O7P/c1-6-30-35(29,31-7-2)19(23(28)33-24(3,4)5)16-21-26-22(27-34-21)17-11-13-18(14-12-17)32-20-10-8-9-15-25-20/h8-15,19H,6-7,16H2,1-5H3. The van der Waals surface area contributed by atoms with Crippen LogP contribution in [0.2, 0.25) is 0 Å². The highest BCUT2D eigenvalue weighted by molar-refractivity contribution is 7.55. The molecule has 0 aliphatic heterocycles. The van der Waals surface area contributed by atoms with Crippen molar-refractivity contribution in [3.8, 4) is 23.0 Å². The summed E-state index contributed by atoms with van der Waals surface area (Å²) in [6.45, 7) is 8.70. The molecule has 1 aromatic carbocycles. The predicted octanol–water partition coefficient (Wildman–Crippen LogP) is 5.44. The lowest BCUT2D eigenvalue weighted by atomic mass is 10.2. The van der Waals surface area contributed by atoms with Crippen LogP contribution in [-0.4, -0.2) is 45.6 Å². The molecule has 1 atom stereocenters. The molecule has 0 fully saturated rings. The van der Waals surface area contributed by atoms with Crippen LogP contribution in [0.4, 0.5) is 0 Å². The molecule has 188 valence electrons. The molecule has 10 nitrogen and oxygen atoms in total. The van der Waals surface area contributed by atoms with E-state index in [-0.39, 0.29) is 25.5 Å². The van der Waals surface area contributed by atoms with Crippen molar-refractivity contribution in [3.05, 3.63) is 54.6 Å². The van der Waals surface area contributed by atoms with Gasteiger partial charge in [0.15, 0.2) is 5.66 Å². The van der Waals surface area contributed by atoms with Crippen LogP contribution in [0.1, 0.15) is 40.5 Å². The molecule has 0 aliphatic rings. The summed E-state index contributed by atoms with van der Waals surface area (Å²) >= 11 is 0. The van der Waals surface area contributed by atoms with Crippen LogP contribution in [0.25, 0.3) is 11.4 Å². The summed E-state index contributed by atoms with van der Waals surface area (Å²) in [5.41, 5.74) is -1.39. The Hall–Kier alpha value is -3.07. The minimum Gasteiger partial charge on any atom is -0.459 e. The summed E-state index contributed by atoms with van der Waals surface area (Å²) in [5.74, 6) is 0.747. The number of hydrogen-bond acceptors (Lipinski definition) is 10. The molecular weight excluding hydrogens is 473 g/mol. The third-order valence-corrected chi connectivity index (χ3v) is 6.88. The van der Waals surface area contributed by atoms with Crippen LogP contribution in [0.5, 0.6) is 11.6 Å². The second-order valence-electron chi connectivity index (χ2n) is 8.43. The number of pyridine rings is 1. The van der Waals surface area contributed by atoms with Gasteiger partial charge in [0.1, 0.15) is 11.4 Å². The van der Waals surface area contributed by atoms with Gasteiger partial charge in [0, 0.05) is 17.8 Å². The number of benzene rings is 1. The molecule has 0 saturated heterocycles. The number of carbonyl (C=O) groups is 1. The highest BCUT2D eigenvalue weighted by atomic mass is 31.2. The molecule has 0 spiro atoms. The van der Waals surface area contributed by atoms with Crippen molar-refractivity contribution in [1.29, 1.82) is 0 Å². The first kappa shape index (κ1) is 26.5. The van der Waals surface area contributed by atoms with Gasteiger partial charge in [0.25, 0.3) is 0 Å². The van der Waals surface area contributed by atoms with Crippen molar-refractivity contribution in [3.63, 3.8) is 0 Å². The van der Waals surface area contributed by atoms with E-state index in [9.17, 15) is 9.36 Å². The molecule has 0 aliphatic carbocycles. The first-order valence-electron chi connectivity index (χ1n) is 11.3. The zero-order valence-corrected chi connectivity index (χ0v) is 21.4. The molecule has 3 aromatic rings. The van der Waals surface area contributed by atoms with Crippen molar-refractivity contribution in [1.82, 2.24) is 15.1 Å². The molecule has 0 saturated carbocycles. The molecule has 35 heavy (non-hydrogen) atoms.